The van der Waals surface area contributed by atoms with Crippen molar-refractivity contribution in [2.45, 2.75) is 31.5 Å². The first-order valence-electron chi connectivity index (χ1n) is 7.29. The molecule has 0 fully saturated rings. The van der Waals surface area contributed by atoms with Gasteiger partial charge in [0.25, 0.3) is 5.56 Å². The Labute approximate surface area is 159 Å². The molecule has 0 aliphatic rings. The van der Waals surface area contributed by atoms with E-state index in [1.165, 1.54) is 10.6 Å². The Morgan fingerprint density at radius 3 is 2.56 bits per heavy atom. The van der Waals surface area contributed by atoms with Crippen molar-refractivity contribution in [2.24, 2.45) is 0 Å². The fourth-order valence-corrected chi connectivity index (χ4v) is 3.10. The molecule has 134 valence electrons. The van der Waals surface area contributed by atoms with Crippen LogP contribution >= 0.6 is 35.0 Å². The Balaban J connectivity index is 2.36. The van der Waals surface area contributed by atoms with Crippen LogP contribution in [-0.2, 0) is 4.79 Å². The van der Waals surface area contributed by atoms with Crippen molar-refractivity contribution in [2.75, 3.05) is 5.75 Å². The summed E-state index contributed by atoms with van der Waals surface area (Å²) in [4.78, 5) is 28.3. The lowest BCUT2D eigenvalue weighted by molar-refractivity contribution is -0.119. The van der Waals surface area contributed by atoms with Crippen molar-refractivity contribution >= 4 is 40.9 Å². The summed E-state index contributed by atoms with van der Waals surface area (Å²) in [7, 11) is 0. The van der Waals surface area contributed by atoms with Gasteiger partial charge in [-0.2, -0.15) is 4.98 Å². The number of hydrogen-bond acceptors (Lipinski definition) is 5. The Morgan fingerprint density at radius 2 is 1.96 bits per heavy atom. The summed E-state index contributed by atoms with van der Waals surface area (Å²) in [6, 6.07) is 5.66. The third-order valence-corrected chi connectivity index (χ3v) is 4.56. The molecule has 0 radical (unpaired) electrons. The minimum Gasteiger partial charge on any atom is -0.493 e. The molecule has 0 aliphatic carbocycles. The molecule has 1 heterocycles. The molecule has 0 atom stereocenters. The maximum Gasteiger partial charge on any atom is 0.262 e. The van der Waals surface area contributed by atoms with Crippen molar-refractivity contribution in [3.8, 4) is 11.6 Å². The van der Waals surface area contributed by atoms with E-state index < -0.39 is 11.4 Å². The molecule has 0 bridgehead atoms. The maximum atomic E-state index is 12.3. The standard InChI is InChI=1S/C16H17Cl2N3O3S/c1-16(2,3)20-13(23)8-25-15-19-12(22)7-14(24)21(15)9-4-5-10(17)11(18)6-9/h4-7,22H,8H2,1-3H3,(H,20,23). The SMILES string of the molecule is CC(C)(C)NC(=O)CSc1nc(O)cc(=O)n1-c1ccc(Cl)c(Cl)c1. The van der Waals surface area contributed by atoms with E-state index in [9.17, 15) is 14.7 Å². The van der Waals surface area contributed by atoms with Crippen LogP contribution in [0.25, 0.3) is 5.69 Å². The summed E-state index contributed by atoms with van der Waals surface area (Å²) in [5.74, 6) is -0.593. The molecule has 2 rings (SSSR count). The van der Waals surface area contributed by atoms with Crippen LogP contribution in [0.5, 0.6) is 5.88 Å². The molecule has 6 nitrogen and oxygen atoms in total. The van der Waals surface area contributed by atoms with E-state index in [0.29, 0.717) is 10.7 Å². The van der Waals surface area contributed by atoms with E-state index in [2.05, 4.69) is 10.3 Å². The van der Waals surface area contributed by atoms with Gasteiger partial charge in [0, 0.05) is 5.54 Å². The minimum absolute atomic E-state index is 0.0362. The van der Waals surface area contributed by atoms with Gasteiger partial charge in [-0.25, -0.2) is 0 Å². The summed E-state index contributed by atoms with van der Waals surface area (Å²) in [6.45, 7) is 5.61. The lowest BCUT2D eigenvalue weighted by Gasteiger charge is -2.20. The monoisotopic (exact) mass is 401 g/mol. The topological polar surface area (TPSA) is 84.2 Å². The zero-order valence-corrected chi connectivity index (χ0v) is 16.2. The number of rotatable bonds is 4. The van der Waals surface area contributed by atoms with Crippen molar-refractivity contribution in [3.63, 3.8) is 0 Å². The first-order chi connectivity index (χ1) is 11.6. The summed E-state index contributed by atoms with van der Waals surface area (Å²) < 4.78 is 1.26. The minimum atomic E-state index is -0.496. The lowest BCUT2D eigenvalue weighted by atomic mass is 10.1. The van der Waals surface area contributed by atoms with E-state index in [0.717, 1.165) is 17.8 Å². The van der Waals surface area contributed by atoms with E-state index in [1.807, 2.05) is 20.8 Å². The second kappa shape index (κ2) is 7.68. The fourth-order valence-electron chi connectivity index (χ4n) is 1.99. The Bertz CT molecular complexity index is 863. The molecule has 1 aromatic heterocycles. The van der Waals surface area contributed by atoms with Gasteiger partial charge in [0.05, 0.1) is 27.6 Å². The van der Waals surface area contributed by atoms with Crippen LogP contribution in [0.1, 0.15) is 20.8 Å². The van der Waals surface area contributed by atoms with Gasteiger partial charge in [0.2, 0.25) is 11.8 Å². The molecule has 1 aromatic carbocycles. The summed E-state index contributed by atoms with van der Waals surface area (Å²) in [5.41, 5.74) is -0.428. The molecular weight excluding hydrogens is 385 g/mol. The number of carbonyl (C=O) groups excluding carboxylic acids is 1. The quantitative estimate of drug-likeness (QED) is 0.606. The highest BCUT2D eigenvalue weighted by Gasteiger charge is 2.17. The van der Waals surface area contributed by atoms with Crippen LogP contribution in [0.4, 0.5) is 0 Å². The molecule has 0 saturated carbocycles. The summed E-state index contributed by atoms with van der Waals surface area (Å²) >= 11 is 12.9. The van der Waals surface area contributed by atoms with E-state index in [-0.39, 0.29) is 27.4 Å². The Hall–Kier alpha value is -1.70. The summed E-state index contributed by atoms with van der Waals surface area (Å²) in [5, 5.41) is 13.3. The number of halogens is 2. The normalized spacial score (nSPS) is 11.4. The second-order valence-electron chi connectivity index (χ2n) is 6.26. The van der Waals surface area contributed by atoms with E-state index >= 15 is 0 Å². The Kier molecular flexibility index (Phi) is 6.03. The molecule has 1 amide bonds. The summed E-state index contributed by atoms with van der Waals surface area (Å²) in [6.07, 6.45) is 0. The average Bonchev–Trinajstić information content (AvgIpc) is 2.46. The Morgan fingerprint density at radius 1 is 1.28 bits per heavy atom. The number of carbonyl (C=O) groups is 1. The number of aromatic nitrogens is 2. The predicted molar refractivity (Wildman–Crippen MR) is 100 cm³/mol. The molecule has 0 spiro atoms. The molecule has 9 heteroatoms. The number of benzene rings is 1. The third-order valence-electron chi connectivity index (χ3n) is 2.88. The first-order valence-corrected chi connectivity index (χ1v) is 9.03. The van der Waals surface area contributed by atoms with Gasteiger partial charge in [0.1, 0.15) is 0 Å². The zero-order valence-electron chi connectivity index (χ0n) is 13.8. The van der Waals surface area contributed by atoms with Gasteiger partial charge >= 0.3 is 0 Å². The van der Waals surface area contributed by atoms with Crippen molar-refractivity contribution in [1.29, 1.82) is 0 Å². The molecule has 25 heavy (non-hydrogen) atoms. The van der Waals surface area contributed by atoms with Gasteiger partial charge in [-0.05, 0) is 39.0 Å². The second-order valence-corrected chi connectivity index (χ2v) is 8.01. The highest BCUT2D eigenvalue weighted by molar-refractivity contribution is 7.99. The molecular formula is C16H17Cl2N3O3S. The van der Waals surface area contributed by atoms with Crippen molar-refractivity contribution in [3.05, 3.63) is 44.7 Å². The third kappa shape index (κ3) is 5.39. The molecule has 0 unspecified atom stereocenters. The maximum absolute atomic E-state index is 12.3. The molecule has 0 aliphatic heterocycles. The van der Waals surface area contributed by atoms with Gasteiger partial charge in [-0.3, -0.25) is 14.2 Å². The van der Waals surface area contributed by atoms with Gasteiger partial charge < -0.3 is 10.4 Å². The fraction of sp³-hybridized carbons (Fsp3) is 0.312. The zero-order chi connectivity index (χ0) is 18.8. The van der Waals surface area contributed by atoms with Gasteiger partial charge in [-0.1, -0.05) is 35.0 Å². The van der Waals surface area contributed by atoms with Crippen LogP contribution < -0.4 is 10.9 Å². The number of thioether (sulfide) groups is 1. The van der Waals surface area contributed by atoms with Crippen LogP contribution in [0.2, 0.25) is 10.0 Å². The number of nitrogens with one attached hydrogen (secondary N) is 1. The van der Waals surface area contributed by atoms with Crippen molar-refractivity contribution < 1.29 is 9.90 Å². The number of amides is 1. The largest absolute Gasteiger partial charge is 0.493 e. The lowest BCUT2D eigenvalue weighted by Crippen LogP contribution is -2.41. The number of hydrogen-bond donors (Lipinski definition) is 2. The number of nitrogens with zero attached hydrogens (tertiary/aromatic N) is 2. The van der Waals surface area contributed by atoms with E-state index in [4.69, 9.17) is 23.2 Å². The van der Waals surface area contributed by atoms with Crippen LogP contribution in [0, 0.1) is 0 Å². The predicted octanol–water partition coefficient (Wildman–Crippen LogP) is 3.25. The van der Waals surface area contributed by atoms with Gasteiger partial charge in [0.15, 0.2) is 5.16 Å². The van der Waals surface area contributed by atoms with Crippen LogP contribution in [-0.4, -0.2) is 31.9 Å². The van der Waals surface area contributed by atoms with Crippen molar-refractivity contribution in [1.82, 2.24) is 14.9 Å². The average molecular weight is 402 g/mol. The molecule has 2 N–H and O–H groups in total. The van der Waals surface area contributed by atoms with Gasteiger partial charge in [-0.15, -0.1) is 0 Å². The van der Waals surface area contributed by atoms with Crippen LogP contribution in [0.3, 0.4) is 0 Å². The number of aromatic hydroxyl groups is 1. The smallest absolute Gasteiger partial charge is 0.262 e. The molecule has 2 aromatic rings. The van der Waals surface area contributed by atoms with Crippen LogP contribution in [0.15, 0.2) is 34.2 Å². The van der Waals surface area contributed by atoms with E-state index in [1.54, 1.807) is 12.1 Å². The highest BCUT2D eigenvalue weighted by atomic mass is 35.5. The highest BCUT2D eigenvalue weighted by Crippen LogP contribution is 2.26. The molecule has 0 saturated heterocycles. The first kappa shape index (κ1) is 19.6.